The second-order valence-corrected chi connectivity index (χ2v) is 4.52. The van der Waals surface area contributed by atoms with E-state index in [1.165, 1.54) is 11.3 Å². The lowest BCUT2D eigenvalue weighted by atomic mass is 10.1. The minimum atomic E-state index is 0.492. The number of halogens is 1. The van der Waals surface area contributed by atoms with Gasteiger partial charge in [0.2, 0.25) is 0 Å². The third kappa shape index (κ3) is 2.87. The van der Waals surface area contributed by atoms with Crippen molar-refractivity contribution in [1.82, 2.24) is 9.55 Å². The molecule has 2 aromatic rings. The molecule has 1 aromatic heterocycles. The number of hydrogen-bond acceptors (Lipinski definition) is 2. The van der Waals surface area contributed by atoms with Crippen LogP contribution in [-0.2, 0) is 26.4 Å². The van der Waals surface area contributed by atoms with E-state index in [4.69, 9.17) is 17.3 Å². The fourth-order valence-corrected chi connectivity index (χ4v) is 2.16. The molecule has 1 heterocycles. The lowest BCUT2D eigenvalue weighted by Crippen LogP contribution is -2.05. The van der Waals surface area contributed by atoms with Crippen LogP contribution in [0.25, 0.3) is 0 Å². The van der Waals surface area contributed by atoms with Gasteiger partial charge in [-0.2, -0.15) is 0 Å². The summed E-state index contributed by atoms with van der Waals surface area (Å²) in [6, 6.07) is 7.95. The molecule has 0 aliphatic rings. The molecule has 3 nitrogen and oxygen atoms in total. The van der Waals surface area contributed by atoms with Gasteiger partial charge in [-0.15, -0.1) is 0 Å². The third-order valence-corrected chi connectivity index (χ3v) is 3.11. The Morgan fingerprint density at radius 1 is 1.35 bits per heavy atom. The predicted molar refractivity (Wildman–Crippen MR) is 70.0 cm³/mol. The number of aryl methyl sites for hydroxylation is 2. The summed E-state index contributed by atoms with van der Waals surface area (Å²) >= 11 is 5.96. The first kappa shape index (κ1) is 12.1. The average molecular weight is 250 g/mol. The number of hydrogen-bond donors (Lipinski definition) is 1. The van der Waals surface area contributed by atoms with Gasteiger partial charge >= 0.3 is 0 Å². The highest BCUT2D eigenvalue weighted by molar-refractivity contribution is 6.30. The Morgan fingerprint density at radius 2 is 2.18 bits per heavy atom. The molecule has 0 unspecified atom stereocenters. The maximum absolute atomic E-state index is 5.96. The fraction of sp³-hybridized carbons (Fsp3) is 0.308. The first-order valence-corrected chi connectivity index (χ1v) is 6.02. The van der Waals surface area contributed by atoms with Crippen LogP contribution in [0.1, 0.15) is 17.0 Å². The highest BCUT2D eigenvalue weighted by atomic mass is 35.5. The van der Waals surface area contributed by atoms with Crippen molar-refractivity contribution in [2.24, 2.45) is 12.8 Å². The molecule has 2 rings (SSSR count). The van der Waals surface area contributed by atoms with Gasteiger partial charge in [0.25, 0.3) is 0 Å². The lowest BCUT2D eigenvalue weighted by Gasteiger charge is -2.05. The number of aromatic nitrogens is 2. The fourth-order valence-electron chi connectivity index (χ4n) is 1.95. The van der Waals surface area contributed by atoms with E-state index in [9.17, 15) is 0 Å². The first-order valence-electron chi connectivity index (χ1n) is 5.64. The summed E-state index contributed by atoms with van der Waals surface area (Å²) in [6.07, 6.45) is 3.70. The minimum Gasteiger partial charge on any atom is -0.337 e. The van der Waals surface area contributed by atoms with E-state index in [0.29, 0.717) is 6.54 Å². The lowest BCUT2D eigenvalue weighted by molar-refractivity contribution is 0.785. The van der Waals surface area contributed by atoms with Gasteiger partial charge in [-0.25, -0.2) is 4.98 Å². The zero-order chi connectivity index (χ0) is 12.3. The average Bonchev–Trinajstić information content (AvgIpc) is 2.67. The number of nitrogens with two attached hydrogens (primary N) is 1. The zero-order valence-electron chi connectivity index (χ0n) is 9.86. The van der Waals surface area contributed by atoms with Crippen LogP contribution in [0.15, 0.2) is 30.6 Å². The third-order valence-electron chi connectivity index (χ3n) is 2.88. The second-order valence-electron chi connectivity index (χ2n) is 4.08. The van der Waals surface area contributed by atoms with Crippen molar-refractivity contribution >= 4 is 11.6 Å². The number of nitrogens with zero attached hydrogens (tertiary/aromatic N) is 2. The second kappa shape index (κ2) is 5.34. The van der Waals surface area contributed by atoms with Gasteiger partial charge in [0.15, 0.2) is 0 Å². The summed E-state index contributed by atoms with van der Waals surface area (Å²) in [5.74, 6) is 0. The summed E-state index contributed by atoms with van der Waals surface area (Å²) in [5.41, 5.74) is 9.08. The van der Waals surface area contributed by atoms with Crippen molar-refractivity contribution in [2.45, 2.75) is 19.4 Å². The van der Waals surface area contributed by atoms with Crippen molar-refractivity contribution in [2.75, 3.05) is 0 Å². The summed E-state index contributed by atoms with van der Waals surface area (Å²) < 4.78 is 2.03. The van der Waals surface area contributed by atoms with Crippen LogP contribution in [0.3, 0.4) is 0 Å². The topological polar surface area (TPSA) is 43.8 Å². The molecule has 0 radical (unpaired) electrons. The molecule has 0 saturated heterocycles. The molecule has 2 N–H and O–H groups in total. The number of rotatable bonds is 4. The van der Waals surface area contributed by atoms with Crippen molar-refractivity contribution in [3.63, 3.8) is 0 Å². The molecule has 0 amide bonds. The van der Waals surface area contributed by atoms with Gasteiger partial charge in [-0.1, -0.05) is 23.7 Å². The highest BCUT2D eigenvalue weighted by Crippen LogP contribution is 2.14. The maximum Gasteiger partial charge on any atom is 0.0949 e. The normalized spacial score (nSPS) is 10.8. The van der Waals surface area contributed by atoms with Gasteiger partial charge in [0.05, 0.1) is 12.0 Å². The Balaban J connectivity index is 2.09. The van der Waals surface area contributed by atoms with Crippen LogP contribution in [0.5, 0.6) is 0 Å². The molecular formula is C13H16ClN3. The summed E-state index contributed by atoms with van der Waals surface area (Å²) in [6.45, 7) is 0.492. The van der Waals surface area contributed by atoms with Crippen LogP contribution in [0.4, 0.5) is 0 Å². The Labute approximate surface area is 106 Å². The molecule has 0 fully saturated rings. The van der Waals surface area contributed by atoms with Gasteiger partial charge in [-0.3, -0.25) is 0 Å². The predicted octanol–water partition coefficient (Wildman–Crippen LogP) is 2.32. The highest BCUT2D eigenvalue weighted by Gasteiger charge is 2.07. The van der Waals surface area contributed by atoms with Crippen LogP contribution in [0.2, 0.25) is 5.02 Å². The van der Waals surface area contributed by atoms with E-state index < -0.39 is 0 Å². The van der Waals surface area contributed by atoms with Gasteiger partial charge < -0.3 is 10.3 Å². The molecule has 0 bridgehead atoms. The van der Waals surface area contributed by atoms with Crippen LogP contribution >= 0.6 is 11.6 Å². The van der Waals surface area contributed by atoms with E-state index in [-0.39, 0.29) is 0 Å². The molecule has 4 heteroatoms. The number of benzene rings is 1. The quantitative estimate of drug-likeness (QED) is 0.904. The van der Waals surface area contributed by atoms with E-state index in [0.717, 1.165) is 23.6 Å². The van der Waals surface area contributed by atoms with E-state index >= 15 is 0 Å². The van der Waals surface area contributed by atoms with Crippen molar-refractivity contribution in [3.8, 4) is 0 Å². The Morgan fingerprint density at radius 3 is 2.88 bits per heavy atom. The minimum absolute atomic E-state index is 0.492. The molecule has 1 aromatic carbocycles. The molecule has 0 aliphatic heterocycles. The molecule has 90 valence electrons. The van der Waals surface area contributed by atoms with E-state index in [2.05, 4.69) is 11.1 Å². The summed E-state index contributed by atoms with van der Waals surface area (Å²) in [4.78, 5) is 4.28. The molecule has 0 atom stereocenters. The maximum atomic E-state index is 5.96. The van der Waals surface area contributed by atoms with Crippen molar-refractivity contribution < 1.29 is 0 Å². The molecule has 0 aliphatic carbocycles. The monoisotopic (exact) mass is 249 g/mol. The van der Waals surface area contributed by atoms with E-state index in [1.807, 2.05) is 36.1 Å². The molecule has 0 spiro atoms. The van der Waals surface area contributed by atoms with Crippen molar-refractivity contribution in [1.29, 1.82) is 0 Å². The van der Waals surface area contributed by atoms with Crippen LogP contribution in [0, 0.1) is 0 Å². The summed E-state index contributed by atoms with van der Waals surface area (Å²) in [5, 5.41) is 0.784. The smallest absolute Gasteiger partial charge is 0.0949 e. The Hall–Kier alpha value is -1.32. The van der Waals surface area contributed by atoms with Crippen molar-refractivity contribution in [3.05, 3.63) is 52.6 Å². The Kier molecular flexibility index (Phi) is 3.82. The van der Waals surface area contributed by atoms with Gasteiger partial charge in [-0.05, 0) is 30.5 Å². The van der Waals surface area contributed by atoms with Gasteiger partial charge in [0.1, 0.15) is 0 Å². The van der Waals surface area contributed by atoms with E-state index in [1.54, 1.807) is 0 Å². The Bertz CT molecular complexity index is 505. The molecular weight excluding hydrogens is 234 g/mol. The zero-order valence-corrected chi connectivity index (χ0v) is 10.6. The van der Waals surface area contributed by atoms with Crippen LogP contribution < -0.4 is 5.73 Å². The SMILES string of the molecule is Cn1cnc(CN)c1CCc1cccc(Cl)c1. The standard InChI is InChI=1S/C13H16ClN3/c1-17-9-16-12(8-15)13(17)6-5-10-3-2-4-11(14)7-10/h2-4,7,9H,5-6,8,15H2,1H3. The van der Waals surface area contributed by atoms with Crippen LogP contribution in [-0.4, -0.2) is 9.55 Å². The van der Waals surface area contributed by atoms with Gasteiger partial charge in [0, 0.05) is 24.3 Å². The molecule has 0 saturated carbocycles. The first-order chi connectivity index (χ1) is 8.20. The summed E-state index contributed by atoms with van der Waals surface area (Å²) in [7, 11) is 2.00. The number of imidazole rings is 1. The molecule has 17 heavy (non-hydrogen) atoms. The largest absolute Gasteiger partial charge is 0.337 e.